The van der Waals surface area contributed by atoms with Crippen molar-refractivity contribution in [1.29, 1.82) is 0 Å². The summed E-state index contributed by atoms with van der Waals surface area (Å²) in [6.07, 6.45) is 27.6. The van der Waals surface area contributed by atoms with Crippen molar-refractivity contribution < 1.29 is 4.48 Å². The fourth-order valence-corrected chi connectivity index (χ4v) is 9.52. The summed E-state index contributed by atoms with van der Waals surface area (Å²) in [5, 5.41) is 0. The van der Waals surface area contributed by atoms with Crippen LogP contribution in [-0.2, 0) is 0 Å². The largest absolute Gasteiger partial charge is 0.324 e. The van der Waals surface area contributed by atoms with Crippen molar-refractivity contribution in [1.82, 2.24) is 0 Å². The lowest BCUT2D eigenvalue weighted by atomic mass is 9.26. The number of fused-ring (bicyclic) bond motifs is 4. The summed E-state index contributed by atoms with van der Waals surface area (Å²) in [6.45, 7) is 13.0. The molecule has 176 valence electrons. The highest BCUT2D eigenvalue weighted by molar-refractivity contribution is 6.63. The molecule has 4 rings (SSSR count). The first-order valence-corrected chi connectivity index (χ1v) is 15.1. The quantitative estimate of drug-likeness (QED) is 0.216. The summed E-state index contributed by atoms with van der Waals surface area (Å²) in [5.74, 6) is 4.44. The standard InChI is InChI=1S/C28H54B2N/c1-3-21-31(22-4-2,23-9-19-29-25-11-5-12-26(29)14-6-13-25)24-10-20-30-27-15-7-16-28(30)18-8-17-27/h25-28H,3-24H2,1-2H3/q+1. The van der Waals surface area contributed by atoms with Gasteiger partial charge in [0.05, 0.1) is 26.2 Å². The van der Waals surface area contributed by atoms with E-state index in [4.69, 9.17) is 0 Å². The minimum Gasteiger partial charge on any atom is -0.324 e. The number of quaternary nitrogens is 1. The van der Waals surface area contributed by atoms with Crippen LogP contribution in [0.3, 0.4) is 0 Å². The molecule has 31 heavy (non-hydrogen) atoms. The second-order valence-corrected chi connectivity index (χ2v) is 12.6. The molecule has 4 heterocycles. The van der Waals surface area contributed by atoms with Crippen LogP contribution in [-0.4, -0.2) is 44.1 Å². The van der Waals surface area contributed by atoms with Crippen molar-refractivity contribution >= 4 is 13.4 Å². The lowest BCUT2D eigenvalue weighted by Crippen LogP contribution is -2.51. The third-order valence-electron chi connectivity index (χ3n) is 10.8. The number of hydrogen-bond donors (Lipinski definition) is 0. The number of rotatable bonds is 12. The van der Waals surface area contributed by atoms with E-state index in [0.717, 1.165) is 36.7 Å². The molecule has 0 saturated carbocycles. The smallest absolute Gasteiger partial charge is 0.146 e. The molecule has 4 bridgehead atoms. The van der Waals surface area contributed by atoms with Gasteiger partial charge in [-0.2, -0.15) is 0 Å². The van der Waals surface area contributed by atoms with Gasteiger partial charge >= 0.3 is 0 Å². The van der Waals surface area contributed by atoms with Crippen LogP contribution < -0.4 is 0 Å². The van der Waals surface area contributed by atoms with Gasteiger partial charge in [0, 0.05) is 0 Å². The summed E-state index contributed by atoms with van der Waals surface area (Å²) < 4.78 is 1.47. The van der Waals surface area contributed by atoms with Gasteiger partial charge in [-0.25, -0.2) is 0 Å². The molecule has 0 spiro atoms. The van der Waals surface area contributed by atoms with Crippen molar-refractivity contribution in [2.75, 3.05) is 26.2 Å². The second kappa shape index (κ2) is 12.0. The van der Waals surface area contributed by atoms with Crippen LogP contribution in [0.5, 0.6) is 0 Å². The van der Waals surface area contributed by atoms with Gasteiger partial charge in [-0.05, 0) is 25.7 Å². The Morgan fingerprint density at radius 3 is 1.13 bits per heavy atom. The molecule has 0 amide bonds. The molecule has 4 aliphatic rings. The average Bonchev–Trinajstić information content (AvgIpc) is 2.74. The summed E-state index contributed by atoms with van der Waals surface area (Å²) in [5.41, 5.74) is 0. The minimum atomic E-state index is 1.11. The van der Waals surface area contributed by atoms with Gasteiger partial charge in [-0.3, -0.25) is 0 Å². The number of nitrogens with zero attached hydrogens (tertiary/aromatic N) is 1. The van der Waals surface area contributed by atoms with Crippen molar-refractivity contribution in [3.63, 3.8) is 0 Å². The maximum atomic E-state index is 2.44. The number of hydrogen-bond acceptors (Lipinski definition) is 0. The van der Waals surface area contributed by atoms with E-state index in [1.165, 1.54) is 56.3 Å². The van der Waals surface area contributed by atoms with Gasteiger partial charge in [-0.1, -0.05) is 127 Å². The first-order valence-electron chi connectivity index (χ1n) is 15.1. The summed E-state index contributed by atoms with van der Waals surface area (Å²) in [6, 6.07) is 0. The van der Waals surface area contributed by atoms with Crippen molar-refractivity contribution in [3.05, 3.63) is 0 Å². The fourth-order valence-electron chi connectivity index (χ4n) is 9.52. The Labute approximate surface area is 196 Å². The zero-order valence-corrected chi connectivity index (χ0v) is 21.5. The first-order chi connectivity index (χ1) is 15.2. The molecule has 0 unspecified atom stereocenters. The lowest BCUT2D eigenvalue weighted by Gasteiger charge is -2.43. The van der Waals surface area contributed by atoms with E-state index in [1.807, 2.05) is 0 Å². The van der Waals surface area contributed by atoms with E-state index < -0.39 is 0 Å². The zero-order valence-electron chi connectivity index (χ0n) is 21.5. The van der Waals surface area contributed by atoms with E-state index in [9.17, 15) is 0 Å². The zero-order chi connectivity index (χ0) is 21.5. The van der Waals surface area contributed by atoms with Crippen LogP contribution in [0.15, 0.2) is 0 Å². The average molecular weight is 426 g/mol. The molecule has 0 atom stereocenters. The first kappa shape index (κ1) is 24.2. The van der Waals surface area contributed by atoms with Crippen LogP contribution in [0.4, 0.5) is 0 Å². The van der Waals surface area contributed by atoms with E-state index in [2.05, 4.69) is 13.8 Å². The Morgan fingerprint density at radius 2 is 0.839 bits per heavy atom. The van der Waals surface area contributed by atoms with E-state index in [1.54, 1.807) is 89.7 Å². The molecule has 0 aromatic rings. The molecule has 3 heteroatoms. The van der Waals surface area contributed by atoms with E-state index in [-0.39, 0.29) is 0 Å². The Kier molecular flexibility index (Phi) is 9.37. The summed E-state index contributed by atoms with van der Waals surface area (Å²) in [7, 11) is 0. The Balaban J connectivity index is 1.29. The molecule has 1 nitrogen and oxygen atoms in total. The molecule has 0 aromatic carbocycles. The second-order valence-electron chi connectivity index (χ2n) is 12.6. The normalized spacial score (nSPS) is 31.2. The summed E-state index contributed by atoms with van der Waals surface area (Å²) >= 11 is 0. The third-order valence-corrected chi connectivity index (χ3v) is 10.8. The van der Waals surface area contributed by atoms with Gasteiger partial charge in [0.15, 0.2) is 0 Å². The van der Waals surface area contributed by atoms with Gasteiger partial charge < -0.3 is 4.48 Å². The molecule has 0 N–H and O–H groups in total. The predicted octanol–water partition coefficient (Wildman–Crippen LogP) is 8.61. The monoisotopic (exact) mass is 426 g/mol. The van der Waals surface area contributed by atoms with Crippen LogP contribution in [0.2, 0.25) is 35.9 Å². The molecule has 4 saturated heterocycles. The molecule has 0 aliphatic carbocycles. The molecule has 4 aliphatic heterocycles. The lowest BCUT2D eigenvalue weighted by molar-refractivity contribution is -0.928. The molecule has 0 aromatic heterocycles. The summed E-state index contributed by atoms with van der Waals surface area (Å²) in [4.78, 5) is 0. The predicted molar refractivity (Wildman–Crippen MR) is 141 cm³/mol. The molecule has 0 radical (unpaired) electrons. The van der Waals surface area contributed by atoms with Crippen LogP contribution in [0, 0.1) is 0 Å². The maximum absolute atomic E-state index is 2.44. The molecular formula is C28H54B2N+. The molecule has 4 fully saturated rings. The highest BCUT2D eigenvalue weighted by Gasteiger charge is 2.40. The maximum Gasteiger partial charge on any atom is 0.146 e. The molecular weight excluding hydrogens is 372 g/mol. The van der Waals surface area contributed by atoms with Gasteiger partial charge in [0.2, 0.25) is 0 Å². The highest BCUT2D eigenvalue weighted by atomic mass is 15.3. The van der Waals surface area contributed by atoms with Crippen molar-refractivity contribution in [2.45, 2.75) is 152 Å². The highest BCUT2D eigenvalue weighted by Crippen LogP contribution is 2.49. The fraction of sp³-hybridized carbons (Fsp3) is 1.00. The SMILES string of the molecule is CCC[N+](CCC)(CCCB1C2CCCC1CCC2)CCCB1C2CCCC1CCC2. The van der Waals surface area contributed by atoms with Gasteiger partial charge in [0.25, 0.3) is 0 Å². The van der Waals surface area contributed by atoms with Crippen LogP contribution in [0.1, 0.15) is 117 Å². The van der Waals surface area contributed by atoms with E-state index in [0.29, 0.717) is 0 Å². The van der Waals surface area contributed by atoms with Crippen LogP contribution >= 0.6 is 0 Å². The van der Waals surface area contributed by atoms with Crippen LogP contribution in [0.25, 0.3) is 0 Å². The van der Waals surface area contributed by atoms with Gasteiger partial charge in [-0.15, -0.1) is 0 Å². The Hall–Kier alpha value is 0.0899. The Bertz CT molecular complexity index is 433. The van der Waals surface area contributed by atoms with E-state index >= 15 is 0 Å². The van der Waals surface area contributed by atoms with Gasteiger partial charge in [0.1, 0.15) is 13.4 Å². The minimum absolute atomic E-state index is 1.11. The van der Waals surface area contributed by atoms with Crippen molar-refractivity contribution in [2.24, 2.45) is 0 Å². The Morgan fingerprint density at radius 1 is 0.516 bits per heavy atom. The topological polar surface area (TPSA) is 0 Å². The van der Waals surface area contributed by atoms with Crippen molar-refractivity contribution in [3.8, 4) is 0 Å². The third kappa shape index (κ3) is 6.16.